The summed E-state index contributed by atoms with van der Waals surface area (Å²) >= 11 is 0. The molecule has 0 radical (unpaired) electrons. The van der Waals surface area contributed by atoms with Gasteiger partial charge in [-0.15, -0.1) is 0 Å². The van der Waals surface area contributed by atoms with E-state index in [-0.39, 0.29) is 23.5 Å². The number of halogens is 3. The highest BCUT2D eigenvalue weighted by molar-refractivity contribution is 7.89. The first-order chi connectivity index (χ1) is 14.6. The lowest BCUT2D eigenvalue weighted by Gasteiger charge is -2.23. The maximum atomic E-state index is 13.0. The lowest BCUT2D eigenvalue weighted by Crippen LogP contribution is -2.33. The number of nitrogens with one attached hydrogen (secondary N) is 1. The molecule has 0 aromatic heterocycles. The number of ether oxygens (including phenoxy) is 2. The molecular weight excluding hydrogens is 437 g/mol. The fraction of sp³-hybridized carbons (Fsp3) is 0.350. The van der Waals surface area contributed by atoms with E-state index < -0.39 is 28.7 Å². The summed E-state index contributed by atoms with van der Waals surface area (Å²) in [4.78, 5) is 11.7. The summed E-state index contributed by atoms with van der Waals surface area (Å²) in [6.45, 7) is 1.36. The standard InChI is InChI=1S/C20H21F3N2O5S/c1-2-25(12-14-3-8-17-18(11-14)30-10-9-29-17)31(27,28)16-6-4-15(5-7-16)19(26)24-13-20(21,22)23/h3-8,11H,2,9-10,12-13H2,1H3,(H,24,26). The van der Waals surface area contributed by atoms with Crippen LogP contribution in [0.3, 0.4) is 0 Å². The van der Waals surface area contributed by atoms with Crippen LogP contribution >= 0.6 is 0 Å². The molecule has 1 heterocycles. The minimum atomic E-state index is -4.53. The number of hydrogen-bond acceptors (Lipinski definition) is 5. The van der Waals surface area contributed by atoms with Gasteiger partial charge in [0.25, 0.3) is 5.91 Å². The zero-order valence-corrected chi connectivity index (χ0v) is 17.4. The first-order valence-electron chi connectivity index (χ1n) is 9.44. The van der Waals surface area contributed by atoms with Crippen molar-refractivity contribution in [3.05, 3.63) is 53.6 Å². The molecule has 0 unspecified atom stereocenters. The van der Waals surface area contributed by atoms with Crippen LogP contribution in [0.1, 0.15) is 22.8 Å². The number of carbonyl (C=O) groups is 1. The summed E-state index contributed by atoms with van der Waals surface area (Å²) in [5.41, 5.74) is 0.635. The molecule has 0 aliphatic carbocycles. The smallest absolute Gasteiger partial charge is 0.405 e. The van der Waals surface area contributed by atoms with Crippen molar-refractivity contribution >= 4 is 15.9 Å². The van der Waals surface area contributed by atoms with E-state index in [1.54, 1.807) is 30.4 Å². The summed E-state index contributed by atoms with van der Waals surface area (Å²) in [6, 6.07) is 9.95. The Morgan fingerprint density at radius 1 is 1.06 bits per heavy atom. The van der Waals surface area contributed by atoms with Gasteiger partial charge in [-0.1, -0.05) is 13.0 Å². The van der Waals surface area contributed by atoms with Crippen LogP contribution in [0, 0.1) is 0 Å². The number of carbonyl (C=O) groups excluding carboxylic acids is 1. The number of rotatable bonds is 7. The minimum absolute atomic E-state index is 0.0701. The van der Waals surface area contributed by atoms with Gasteiger partial charge in [-0.05, 0) is 42.0 Å². The maximum absolute atomic E-state index is 13.0. The molecule has 0 saturated carbocycles. The van der Waals surface area contributed by atoms with E-state index >= 15 is 0 Å². The number of sulfonamides is 1. The molecule has 1 N–H and O–H groups in total. The van der Waals surface area contributed by atoms with Gasteiger partial charge in [-0.2, -0.15) is 17.5 Å². The third kappa shape index (κ3) is 5.67. The zero-order valence-electron chi connectivity index (χ0n) is 16.6. The second-order valence-electron chi connectivity index (χ2n) is 6.73. The predicted molar refractivity (Wildman–Crippen MR) is 106 cm³/mol. The fourth-order valence-corrected chi connectivity index (χ4v) is 4.40. The molecule has 0 bridgehead atoms. The SMILES string of the molecule is CCN(Cc1ccc2c(c1)OCCO2)S(=O)(=O)c1ccc(C(=O)NCC(F)(F)F)cc1. The number of benzene rings is 2. The largest absolute Gasteiger partial charge is 0.486 e. The molecule has 168 valence electrons. The summed E-state index contributed by atoms with van der Waals surface area (Å²) in [5, 5.41) is 1.74. The third-order valence-electron chi connectivity index (χ3n) is 4.52. The van der Waals surface area contributed by atoms with E-state index in [0.717, 1.165) is 0 Å². The van der Waals surface area contributed by atoms with Crippen molar-refractivity contribution in [2.24, 2.45) is 0 Å². The van der Waals surface area contributed by atoms with E-state index in [1.807, 2.05) is 0 Å². The van der Waals surface area contributed by atoms with Crippen molar-refractivity contribution in [2.45, 2.75) is 24.5 Å². The van der Waals surface area contributed by atoms with Crippen molar-refractivity contribution in [3.63, 3.8) is 0 Å². The molecular formula is C20H21F3N2O5S. The topological polar surface area (TPSA) is 84.9 Å². The van der Waals surface area contributed by atoms with Crippen LogP contribution in [0.15, 0.2) is 47.4 Å². The maximum Gasteiger partial charge on any atom is 0.405 e. The van der Waals surface area contributed by atoms with Crippen molar-refractivity contribution < 1.29 is 35.9 Å². The average Bonchev–Trinajstić information content (AvgIpc) is 2.75. The number of fused-ring (bicyclic) bond motifs is 1. The monoisotopic (exact) mass is 458 g/mol. The Morgan fingerprint density at radius 3 is 2.32 bits per heavy atom. The summed E-state index contributed by atoms with van der Waals surface area (Å²) in [7, 11) is -3.90. The third-order valence-corrected chi connectivity index (χ3v) is 6.46. The summed E-state index contributed by atoms with van der Waals surface area (Å²) < 4.78 is 75.0. The van der Waals surface area contributed by atoms with Gasteiger partial charge in [-0.3, -0.25) is 4.79 Å². The van der Waals surface area contributed by atoms with Gasteiger partial charge in [0, 0.05) is 18.7 Å². The Morgan fingerprint density at radius 2 is 1.71 bits per heavy atom. The number of hydrogen-bond donors (Lipinski definition) is 1. The van der Waals surface area contributed by atoms with Gasteiger partial charge >= 0.3 is 6.18 Å². The highest BCUT2D eigenvalue weighted by Crippen LogP contribution is 2.31. The Kier molecular flexibility index (Phi) is 6.75. The second kappa shape index (κ2) is 9.15. The summed E-state index contributed by atoms with van der Waals surface area (Å²) in [5.74, 6) is 0.205. The fourth-order valence-electron chi connectivity index (χ4n) is 2.97. The lowest BCUT2D eigenvalue weighted by atomic mass is 10.2. The molecule has 0 fully saturated rings. The lowest BCUT2D eigenvalue weighted by molar-refractivity contribution is -0.123. The summed E-state index contributed by atoms with van der Waals surface area (Å²) in [6.07, 6.45) is -4.53. The van der Waals surface area contributed by atoms with Gasteiger partial charge in [0.1, 0.15) is 19.8 Å². The molecule has 0 spiro atoms. The first kappa shape index (κ1) is 22.9. The minimum Gasteiger partial charge on any atom is -0.486 e. The van der Waals surface area contributed by atoms with Crippen LogP contribution in [-0.2, 0) is 16.6 Å². The first-order valence-corrected chi connectivity index (χ1v) is 10.9. The van der Waals surface area contributed by atoms with Crippen LogP contribution in [0.2, 0.25) is 0 Å². The normalized spacial score (nSPS) is 13.8. The van der Waals surface area contributed by atoms with Crippen molar-refractivity contribution in [2.75, 3.05) is 26.3 Å². The van der Waals surface area contributed by atoms with Crippen LogP contribution in [0.4, 0.5) is 13.2 Å². The van der Waals surface area contributed by atoms with E-state index in [4.69, 9.17) is 9.47 Å². The van der Waals surface area contributed by atoms with E-state index in [0.29, 0.717) is 30.3 Å². The van der Waals surface area contributed by atoms with Crippen molar-refractivity contribution in [3.8, 4) is 11.5 Å². The molecule has 2 aromatic rings. The molecule has 2 aromatic carbocycles. The van der Waals surface area contributed by atoms with Gasteiger partial charge < -0.3 is 14.8 Å². The van der Waals surface area contributed by atoms with Gasteiger partial charge in [-0.25, -0.2) is 8.42 Å². The van der Waals surface area contributed by atoms with Gasteiger partial charge in [0.05, 0.1) is 4.90 Å². The molecule has 3 rings (SSSR count). The van der Waals surface area contributed by atoms with Crippen LogP contribution in [-0.4, -0.2) is 51.1 Å². The van der Waals surface area contributed by atoms with Crippen molar-refractivity contribution in [1.82, 2.24) is 9.62 Å². The molecule has 11 heteroatoms. The molecule has 0 atom stereocenters. The van der Waals surface area contributed by atoms with E-state index in [1.165, 1.54) is 28.6 Å². The zero-order chi connectivity index (χ0) is 22.6. The van der Waals surface area contributed by atoms with Crippen molar-refractivity contribution in [1.29, 1.82) is 0 Å². The Hall–Kier alpha value is -2.79. The average molecular weight is 458 g/mol. The Labute approximate surface area is 177 Å². The van der Waals surface area contributed by atoms with Crippen LogP contribution in [0.5, 0.6) is 11.5 Å². The van der Waals surface area contributed by atoms with Gasteiger partial charge in [0.15, 0.2) is 11.5 Å². The predicted octanol–water partition coefficient (Wildman–Crippen LogP) is 2.96. The van der Waals surface area contributed by atoms with Crippen LogP contribution < -0.4 is 14.8 Å². The van der Waals surface area contributed by atoms with Gasteiger partial charge in [0.2, 0.25) is 10.0 Å². The second-order valence-corrected chi connectivity index (χ2v) is 8.67. The number of alkyl halides is 3. The van der Waals surface area contributed by atoms with E-state index in [2.05, 4.69) is 0 Å². The highest BCUT2D eigenvalue weighted by atomic mass is 32.2. The highest BCUT2D eigenvalue weighted by Gasteiger charge is 2.28. The number of nitrogens with zero attached hydrogens (tertiary/aromatic N) is 1. The molecule has 1 amide bonds. The van der Waals surface area contributed by atoms with Crippen LogP contribution in [0.25, 0.3) is 0 Å². The molecule has 7 nitrogen and oxygen atoms in total. The van der Waals surface area contributed by atoms with E-state index in [9.17, 15) is 26.4 Å². The molecule has 0 saturated heterocycles. The quantitative estimate of drug-likeness (QED) is 0.690. The number of amides is 1. The Bertz CT molecular complexity index is 1040. The molecule has 1 aliphatic rings. The Balaban J connectivity index is 1.74. The molecule has 1 aliphatic heterocycles. The molecule has 31 heavy (non-hydrogen) atoms.